The highest BCUT2D eigenvalue weighted by Gasteiger charge is 2.64. The first-order valence-electron chi connectivity index (χ1n) is 8.33. The highest BCUT2D eigenvalue weighted by atomic mass is 35.5. The molecule has 12 heteroatoms. The quantitative estimate of drug-likeness (QED) is 0.455. The van der Waals surface area contributed by atoms with E-state index in [1.54, 1.807) is 12.1 Å². The Labute approximate surface area is 174 Å². The summed E-state index contributed by atoms with van der Waals surface area (Å²) < 4.78 is 41.6. The van der Waals surface area contributed by atoms with Crippen LogP contribution in [-0.4, -0.2) is 22.1 Å². The summed E-state index contributed by atoms with van der Waals surface area (Å²) in [5.41, 5.74) is -4.63. The van der Waals surface area contributed by atoms with Crippen LogP contribution in [0.4, 0.5) is 13.2 Å². The second-order valence-electron chi connectivity index (χ2n) is 6.25. The van der Waals surface area contributed by atoms with Crippen LogP contribution in [0.15, 0.2) is 52.4 Å². The molecule has 0 bridgehead atoms. The number of benzene rings is 2. The van der Waals surface area contributed by atoms with Crippen LogP contribution in [-0.2, 0) is 16.9 Å². The van der Waals surface area contributed by atoms with Gasteiger partial charge in [-0.05, 0) is 34.7 Å². The molecule has 2 aromatic carbocycles. The maximum absolute atomic E-state index is 13.9. The lowest BCUT2D eigenvalue weighted by Crippen LogP contribution is -2.53. The van der Waals surface area contributed by atoms with Crippen molar-refractivity contribution in [2.45, 2.75) is 18.3 Å². The predicted octanol–water partition coefficient (Wildman–Crippen LogP) is 2.92. The summed E-state index contributed by atoms with van der Waals surface area (Å²) >= 11 is 5.82. The Bertz CT molecular complexity index is 1200. The highest BCUT2D eigenvalue weighted by Crippen LogP contribution is 2.43. The van der Waals surface area contributed by atoms with E-state index in [0.717, 1.165) is 18.2 Å². The van der Waals surface area contributed by atoms with E-state index in [1.807, 2.05) is 5.32 Å². The predicted molar refractivity (Wildman–Crippen MR) is 109 cm³/mol. The third-order valence-corrected chi connectivity index (χ3v) is 5.37. The van der Waals surface area contributed by atoms with E-state index in [0.29, 0.717) is 5.52 Å². The van der Waals surface area contributed by atoms with Crippen molar-refractivity contribution in [2.75, 3.05) is 0 Å². The van der Waals surface area contributed by atoms with E-state index < -0.39 is 35.3 Å². The minimum Gasteiger partial charge on any atom is -0.346 e. The number of carbonyl (C=O) groups excluding carboxylic acids is 1. The van der Waals surface area contributed by atoms with Gasteiger partial charge >= 0.3 is 6.18 Å². The van der Waals surface area contributed by atoms with Crippen LogP contribution in [0.1, 0.15) is 11.4 Å². The molecule has 2 unspecified atom stereocenters. The first-order valence-corrected chi connectivity index (χ1v) is 9.28. The third-order valence-electron chi connectivity index (χ3n) is 4.37. The van der Waals surface area contributed by atoms with Crippen LogP contribution < -0.4 is 16.2 Å². The third kappa shape index (κ3) is 3.80. The summed E-state index contributed by atoms with van der Waals surface area (Å²) in [6.07, 6.45) is -5.34. The smallest absolute Gasteiger partial charge is 0.346 e. The molecule has 0 saturated carbocycles. The molecule has 0 fully saturated rings. The lowest BCUT2D eigenvalue weighted by atomic mass is 9.89. The van der Waals surface area contributed by atoms with E-state index >= 15 is 0 Å². The second kappa shape index (κ2) is 8.12. The lowest BCUT2D eigenvalue weighted by Gasteiger charge is -2.28. The van der Waals surface area contributed by atoms with Crippen molar-refractivity contribution >= 4 is 43.0 Å². The number of hydrogen-bond donors (Lipinski definition) is 2. The number of nitroso groups, excluding NO2 is 1. The van der Waals surface area contributed by atoms with Gasteiger partial charge in [0.25, 0.3) is 17.0 Å². The Balaban J connectivity index is 1.97. The van der Waals surface area contributed by atoms with Gasteiger partial charge in [0.2, 0.25) is 0 Å². The Morgan fingerprint density at radius 2 is 1.93 bits per heavy atom. The molecule has 156 valence electrons. The highest BCUT2D eigenvalue weighted by molar-refractivity contribution is 7.28. The topological polar surface area (TPSA) is 104 Å². The number of aromatic amines is 1. The van der Waals surface area contributed by atoms with Crippen molar-refractivity contribution in [1.82, 2.24) is 15.3 Å². The number of hydrogen-bond acceptors (Lipinski definition) is 5. The number of carbonyl (C=O) groups is 1. The molecule has 2 atom stereocenters. The fraction of sp³-hybridized carbons (Fsp3) is 0.167. The van der Waals surface area contributed by atoms with Gasteiger partial charge in [0.1, 0.15) is 5.82 Å². The summed E-state index contributed by atoms with van der Waals surface area (Å²) in [5.74, 6) is -1.80. The van der Waals surface area contributed by atoms with Crippen molar-refractivity contribution in [3.05, 3.63) is 74.1 Å². The summed E-state index contributed by atoms with van der Waals surface area (Å²) in [7, 11) is 2.11. The fourth-order valence-electron chi connectivity index (χ4n) is 2.85. The molecule has 1 amide bonds. The normalized spacial score (nSPS) is 13.6. The van der Waals surface area contributed by atoms with Crippen LogP contribution in [0, 0.1) is 4.91 Å². The van der Waals surface area contributed by atoms with Gasteiger partial charge in [-0.15, -0.1) is 14.1 Å². The van der Waals surface area contributed by atoms with Crippen LogP contribution in [0.25, 0.3) is 10.9 Å². The molecule has 0 radical (unpaired) electrons. The Morgan fingerprint density at radius 1 is 1.23 bits per heavy atom. The lowest BCUT2D eigenvalue weighted by molar-refractivity contribution is -0.194. The SMILES string of the molecule is O=NC(C(=O)NCc1nc2ccccc2c(=O)[nH]1)(c1ccc(Cl)c(P)c1)C(F)(F)F. The van der Waals surface area contributed by atoms with Gasteiger partial charge in [-0.1, -0.05) is 29.8 Å². The molecule has 3 aromatic rings. The number of nitrogens with zero attached hydrogens (tertiary/aromatic N) is 2. The first-order chi connectivity index (χ1) is 14.1. The van der Waals surface area contributed by atoms with Crippen LogP contribution in [0.2, 0.25) is 5.02 Å². The number of para-hydroxylation sites is 1. The summed E-state index contributed by atoms with van der Waals surface area (Å²) in [4.78, 5) is 42.5. The molecule has 0 aliphatic heterocycles. The number of nitrogens with one attached hydrogen (secondary N) is 2. The maximum atomic E-state index is 13.9. The number of amides is 1. The molecule has 0 aliphatic rings. The second-order valence-corrected chi connectivity index (χ2v) is 7.28. The zero-order valence-electron chi connectivity index (χ0n) is 15.0. The number of rotatable bonds is 5. The molecule has 1 heterocycles. The number of halogens is 4. The summed E-state index contributed by atoms with van der Waals surface area (Å²) in [5, 5.41) is 4.74. The number of H-pyrrole nitrogens is 1. The van der Waals surface area contributed by atoms with E-state index in [2.05, 4.69) is 24.4 Å². The van der Waals surface area contributed by atoms with Crippen molar-refractivity contribution < 1.29 is 18.0 Å². The van der Waals surface area contributed by atoms with Crippen molar-refractivity contribution in [3.63, 3.8) is 0 Å². The monoisotopic (exact) mass is 456 g/mol. The zero-order chi connectivity index (χ0) is 22.1. The molecular formula is C18H13ClF3N4O3P. The van der Waals surface area contributed by atoms with Gasteiger partial charge in [0.15, 0.2) is 0 Å². The standard InChI is InChI=1S/C18H13ClF3N4O3P/c19-11-6-5-9(7-13(11)30)17(26-29,18(20,21)22)16(28)23-8-14-24-12-4-2-1-3-10(12)15(27)25-14/h1-7H,8,30H2,(H,23,28)(H,24,25,27). The van der Waals surface area contributed by atoms with Gasteiger partial charge in [0, 0.05) is 10.6 Å². The average Bonchev–Trinajstić information content (AvgIpc) is 2.69. The molecule has 1 aromatic heterocycles. The van der Waals surface area contributed by atoms with Gasteiger partial charge in [0.05, 0.1) is 17.4 Å². The van der Waals surface area contributed by atoms with E-state index in [-0.39, 0.29) is 21.5 Å². The van der Waals surface area contributed by atoms with Gasteiger partial charge in [-0.2, -0.15) is 13.2 Å². The van der Waals surface area contributed by atoms with Crippen LogP contribution in [0.5, 0.6) is 0 Å². The van der Waals surface area contributed by atoms with Crippen molar-refractivity contribution in [3.8, 4) is 0 Å². The zero-order valence-corrected chi connectivity index (χ0v) is 16.9. The fourth-order valence-corrected chi connectivity index (χ4v) is 3.24. The largest absolute Gasteiger partial charge is 0.430 e. The summed E-state index contributed by atoms with van der Waals surface area (Å²) in [6.45, 7) is -0.562. The Hall–Kier alpha value is -2.84. The van der Waals surface area contributed by atoms with Gasteiger partial charge in [-0.25, -0.2) is 4.98 Å². The molecule has 0 spiro atoms. The molecule has 30 heavy (non-hydrogen) atoms. The average molecular weight is 457 g/mol. The van der Waals surface area contributed by atoms with Crippen LogP contribution >= 0.6 is 20.8 Å². The maximum Gasteiger partial charge on any atom is 0.430 e. The minimum atomic E-state index is -5.34. The first kappa shape index (κ1) is 21.9. The molecule has 0 saturated heterocycles. The molecule has 3 rings (SSSR count). The number of aromatic nitrogens is 2. The van der Waals surface area contributed by atoms with E-state index in [9.17, 15) is 27.7 Å². The minimum absolute atomic E-state index is 0.0862. The molecule has 0 aliphatic carbocycles. The van der Waals surface area contributed by atoms with Crippen molar-refractivity contribution in [1.29, 1.82) is 0 Å². The van der Waals surface area contributed by atoms with Crippen molar-refractivity contribution in [2.24, 2.45) is 5.18 Å². The molecule has 2 N–H and O–H groups in total. The van der Waals surface area contributed by atoms with Crippen LogP contribution in [0.3, 0.4) is 0 Å². The summed E-state index contributed by atoms with van der Waals surface area (Å²) in [6, 6.07) is 9.29. The van der Waals surface area contributed by atoms with Gasteiger partial charge in [-0.3, -0.25) is 9.59 Å². The number of alkyl halides is 3. The Kier molecular flexibility index (Phi) is 5.92. The number of fused-ring (bicyclic) bond motifs is 1. The molecule has 7 nitrogen and oxygen atoms in total. The van der Waals surface area contributed by atoms with E-state index in [1.165, 1.54) is 12.1 Å². The van der Waals surface area contributed by atoms with E-state index in [4.69, 9.17) is 11.6 Å². The Morgan fingerprint density at radius 3 is 2.57 bits per heavy atom. The molecular weight excluding hydrogens is 444 g/mol. The van der Waals surface area contributed by atoms with Gasteiger partial charge < -0.3 is 10.3 Å².